The van der Waals surface area contributed by atoms with Gasteiger partial charge in [0.1, 0.15) is 0 Å². The van der Waals surface area contributed by atoms with Gasteiger partial charge in [0.25, 0.3) is 0 Å². The number of halogens is 1. The maximum Gasteiger partial charge on any atom is 0.305 e. The van der Waals surface area contributed by atoms with Crippen molar-refractivity contribution in [2.45, 2.75) is 18.9 Å². The first-order chi connectivity index (χ1) is 6.27. The monoisotopic (exact) mass is 223 g/mol. The fourth-order valence-electron chi connectivity index (χ4n) is 1.69. The van der Waals surface area contributed by atoms with E-state index in [4.69, 9.17) is 4.74 Å². The number of piperidine rings is 1. The van der Waals surface area contributed by atoms with Gasteiger partial charge in [-0.05, 0) is 18.9 Å². The fraction of sp³-hybridized carbons (Fsp3) is 0.889. The maximum absolute atomic E-state index is 11.0. The van der Waals surface area contributed by atoms with Gasteiger partial charge in [0.2, 0.25) is 0 Å². The molecule has 0 unspecified atom stereocenters. The average molecular weight is 224 g/mol. The van der Waals surface area contributed by atoms with E-state index in [1.165, 1.54) is 7.11 Å². The first kappa shape index (κ1) is 13.7. The summed E-state index contributed by atoms with van der Waals surface area (Å²) in [5.41, 5.74) is 0. The van der Waals surface area contributed by atoms with Crippen molar-refractivity contribution in [3.05, 3.63) is 0 Å². The van der Waals surface area contributed by atoms with E-state index in [0.29, 0.717) is 12.3 Å². The Morgan fingerprint density at radius 2 is 2.21 bits per heavy atom. The van der Waals surface area contributed by atoms with Crippen LogP contribution in [0, 0.1) is 5.92 Å². The summed E-state index contributed by atoms with van der Waals surface area (Å²) in [6.45, 7) is 1.79. The number of ether oxygens (including phenoxy) is 2. The zero-order chi connectivity index (χ0) is 9.68. The van der Waals surface area contributed by atoms with Crippen molar-refractivity contribution in [3.8, 4) is 0 Å². The van der Waals surface area contributed by atoms with Gasteiger partial charge >= 0.3 is 5.97 Å². The summed E-state index contributed by atoms with van der Waals surface area (Å²) in [5, 5.41) is 3.23. The lowest BCUT2D eigenvalue weighted by Gasteiger charge is -2.30. The molecule has 0 radical (unpaired) electrons. The third-order valence-electron chi connectivity index (χ3n) is 2.52. The Morgan fingerprint density at radius 3 is 2.79 bits per heavy atom. The molecule has 0 aliphatic carbocycles. The zero-order valence-corrected chi connectivity index (χ0v) is 9.43. The van der Waals surface area contributed by atoms with Gasteiger partial charge in [0, 0.05) is 13.7 Å². The SMILES string of the molecule is COC(=O)C[C@@H]1CCNC[C@H]1OC.Cl. The van der Waals surface area contributed by atoms with E-state index in [9.17, 15) is 4.79 Å². The minimum Gasteiger partial charge on any atom is -0.469 e. The van der Waals surface area contributed by atoms with E-state index in [1.807, 2.05) is 0 Å². The van der Waals surface area contributed by atoms with Crippen LogP contribution in [0.3, 0.4) is 0 Å². The van der Waals surface area contributed by atoms with Crippen LogP contribution >= 0.6 is 12.4 Å². The second-order valence-corrected chi connectivity index (χ2v) is 3.31. The Labute approximate surface area is 90.7 Å². The number of nitrogens with one attached hydrogen (secondary N) is 1. The molecular weight excluding hydrogens is 206 g/mol. The van der Waals surface area contributed by atoms with Crippen LogP contribution in [-0.2, 0) is 14.3 Å². The lowest BCUT2D eigenvalue weighted by Crippen LogP contribution is -2.42. The number of hydrogen-bond acceptors (Lipinski definition) is 4. The molecule has 84 valence electrons. The number of hydrogen-bond donors (Lipinski definition) is 1. The number of carbonyl (C=O) groups is 1. The molecule has 1 aliphatic heterocycles. The number of methoxy groups -OCH3 is 2. The van der Waals surface area contributed by atoms with E-state index in [-0.39, 0.29) is 24.5 Å². The molecule has 0 amide bonds. The molecule has 1 aliphatic rings. The van der Waals surface area contributed by atoms with Crippen molar-refractivity contribution >= 4 is 18.4 Å². The summed E-state index contributed by atoms with van der Waals surface area (Å²) in [4.78, 5) is 11.0. The normalized spacial score (nSPS) is 26.4. The van der Waals surface area contributed by atoms with Crippen LogP contribution < -0.4 is 5.32 Å². The highest BCUT2D eigenvalue weighted by atomic mass is 35.5. The number of carbonyl (C=O) groups excluding carboxylic acids is 1. The minimum atomic E-state index is -0.144. The molecule has 14 heavy (non-hydrogen) atoms. The van der Waals surface area contributed by atoms with E-state index in [2.05, 4.69) is 10.1 Å². The average Bonchev–Trinajstić information content (AvgIpc) is 2.18. The van der Waals surface area contributed by atoms with Crippen molar-refractivity contribution in [3.63, 3.8) is 0 Å². The van der Waals surface area contributed by atoms with Gasteiger partial charge in [-0.1, -0.05) is 0 Å². The lowest BCUT2D eigenvalue weighted by molar-refractivity contribution is -0.143. The van der Waals surface area contributed by atoms with Crippen LogP contribution in [-0.4, -0.2) is 39.4 Å². The Hall–Kier alpha value is -0.320. The molecule has 0 aromatic carbocycles. The van der Waals surface area contributed by atoms with Gasteiger partial charge in [-0.2, -0.15) is 0 Å². The highest BCUT2D eigenvalue weighted by Gasteiger charge is 2.26. The smallest absolute Gasteiger partial charge is 0.305 e. The minimum absolute atomic E-state index is 0. The van der Waals surface area contributed by atoms with Crippen LogP contribution in [0.4, 0.5) is 0 Å². The van der Waals surface area contributed by atoms with Gasteiger partial charge < -0.3 is 14.8 Å². The molecule has 0 aromatic heterocycles. The Balaban J connectivity index is 0.00000169. The van der Waals surface area contributed by atoms with Gasteiger partial charge in [0.05, 0.1) is 19.6 Å². The first-order valence-corrected chi connectivity index (χ1v) is 4.58. The summed E-state index contributed by atoms with van der Waals surface area (Å²) in [5.74, 6) is 0.160. The molecule has 0 aromatic rings. The third kappa shape index (κ3) is 3.82. The van der Waals surface area contributed by atoms with Gasteiger partial charge in [-0.3, -0.25) is 4.79 Å². The number of rotatable bonds is 3. The molecule has 1 saturated heterocycles. The van der Waals surface area contributed by atoms with E-state index in [0.717, 1.165) is 19.5 Å². The molecular formula is C9H18ClNO3. The van der Waals surface area contributed by atoms with Crippen LogP contribution in [0.5, 0.6) is 0 Å². The van der Waals surface area contributed by atoms with Gasteiger partial charge in [0.15, 0.2) is 0 Å². The van der Waals surface area contributed by atoms with Gasteiger partial charge in [-0.25, -0.2) is 0 Å². The molecule has 0 saturated carbocycles. The Kier molecular flexibility index (Phi) is 6.87. The summed E-state index contributed by atoms with van der Waals surface area (Å²) in [6.07, 6.45) is 1.59. The molecule has 1 N–H and O–H groups in total. The maximum atomic E-state index is 11.0. The van der Waals surface area contributed by atoms with Crippen molar-refractivity contribution in [2.75, 3.05) is 27.3 Å². The Bertz CT molecular complexity index is 177. The molecule has 4 nitrogen and oxygen atoms in total. The first-order valence-electron chi connectivity index (χ1n) is 4.58. The molecule has 0 spiro atoms. The topological polar surface area (TPSA) is 47.6 Å². The third-order valence-corrected chi connectivity index (χ3v) is 2.52. The second-order valence-electron chi connectivity index (χ2n) is 3.31. The summed E-state index contributed by atoms with van der Waals surface area (Å²) in [6, 6.07) is 0. The van der Waals surface area contributed by atoms with Crippen LogP contribution in [0.2, 0.25) is 0 Å². The zero-order valence-electron chi connectivity index (χ0n) is 8.62. The standard InChI is InChI=1S/C9H17NO3.ClH/c1-12-8-6-10-4-3-7(8)5-9(11)13-2;/h7-8,10H,3-6H2,1-2H3;1H/t7-,8+;/m0./s1. The Morgan fingerprint density at radius 1 is 1.50 bits per heavy atom. The van der Waals surface area contributed by atoms with Crippen molar-refractivity contribution < 1.29 is 14.3 Å². The summed E-state index contributed by atoms with van der Waals surface area (Å²) in [7, 11) is 3.10. The fourth-order valence-corrected chi connectivity index (χ4v) is 1.69. The predicted molar refractivity (Wildman–Crippen MR) is 55.7 cm³/mol. The summed E-state index contributed by atoms with van der Waals surface area (Å²) < 4.78 is 9.91. The molecule has 1 heterocycles. The van der Waals surface area contributed by atoms with E-state index < -0.39 is 0 Å². The largest absolute Gasteiger partial charge is 0.469 e. The highest BCUT2D eigenvalue weighted by Crippen LogP contribution is 2.19. The lowest BCUT2D eigenvalue weighted by atomic mass is 9.92. The van der Waals surface area contributed by atoms with Gasteiger partial charge in [-0.15, -0.1) is 12.4 Å². The highest BCUT2D eigenvalue weighted by molar-refractivity contribution is 5.85. The molecule has 5 heteroatoms. The predicted octanol–water partition coefficient (Wildman–Crippen LogP) is 0.596. The summed E-state index contributed by atoms with van der Waals surface area (Å²) >= 11 is 0. The van der Waals surface area contributed by atoms with E-state index in [1.54, 1.807) is 7.11 Å². The molecule has 1 fully saturated rings. The van der Waals surface area contributed by atoms with Crippen LogP contribution in [0.15, 0.2) is 0 Å². The van der Waals surface area contributed by atoms with E-state index >= 15 is 0 Å². The van der Waals surface area contributed by atoms with Crippen LogP contribution in [0.25, 0.3) is 0 Å². The quantitative estimate of drug-likeness (QED) is 0.712. The second kappa shape index (κ2) is 7.04. The molecule has 1 rings (SSSR count). The van der Waals surface area contributed by atoms with Crippen molar-refractivity contribution in [1.82, 2.24) is 5.32 Å². The van der Waals surface area contributed by atoms with Crippen LogP contribution in [0.1, 0.15) is 12.8 Å². The van der Waals surface area contributed by atoms with Crippen molar-refractivity contribution in [1.29, 1.82) is 0 Å². The molecule has 2 atom stereocenters. The number of esters is 1. The molecule has 0 bridgehead atoms. The van der Waals surface area contributed by atoms with Crippen molar-refractivity contribution in [2.24, 2.45) is 5.92 Å².